The monoisotopic (exact) mass is 291 g/mol. The molecule has 15 heavy (non-hydrogen) atoms. The zero-order chi connectivity index (χ0) is 11.3. The van der Waals surface area contributed by atoms with E-state index in [1.54, 1.807) is 6.20 Å². The van der Waals surface area contributed by atoms with Crippen LogP contribution in [0.2, 0.25) is 0 Å². The Labute approximate surface area is 101 Å². The van der Waals surface area contributed by atoms with Gasteiger partial charge in [0, 0.05) is 5.92 Å². The van der Waals surface area contributed by atoms with Gasteiger partial charge in [0.15, 0.2) is 5.13 Å². The van der Waals surface area contributed by atoms with E-state index in [1.807, 2.05) is 6.92 Å². The van der Waals surface area contributed by atoms with E-state index in [2.05, 4.69) is 26.2 Å². The Kier molecular flexibility index (Phi) is 5.21. The zero-order valence-electron chi connectivity index (χ0n) is 8.50. The summed E-state index contributed by atoms with van der Waals surface area (Å²) in [5.41, 5.74) is 5.38. The SMILES string of the molecule is CC(CCCN)C(=O)Nc1ncc(Br)s1. The molecule has 1 amide bonds. The predicted octanol–water partition coefficient (Wildman–Crippen LogP) is 2.22. The number of carbonyl (C=O) groups is 1. The predicted molar refractivity (Wildman–Crippen MR) is 65.9 cm³/mol. The lowest BCUT2D eigenvalue weighted by molar-refractivity contribution is -0.119. The molecule has 0 aromatic carbocycles. The van der Waals surface area contributed by atoms with Crippen molar-refractivity contribution in [2.45, 2.75) is 19.8 Å². The third-order valence-electron chi connectivity index (χ3n) is 2.00. The molecule has 0 aliphatic heterocycles. The summed E-state index contributed by atoms with van der Waals surface area (Å²) in [6, 6.07) is 0. The van der Waals surface area contributed by atoms with E-state index < -0.39 is 0 Å². The molecule has 0 saturated heterocycles. The van der Waals surface area contributed by atoms with Crippen LogP contribution in [0.25, 0.3) is 0 Å². The molecule has 1 aromatic rings. The molecule has 6 heteroatoms. The summed E-state index contributed by atoms with van der Waals surface area (Å²) < 4.78 is 0.910. The Bertz CT molecular complexity index is 329. The van der Waals surface area contributed by atoms with Gasteiger partial charge >= 0.3 is 0 Å². The molecule has 0 bridgehead atoms. The number of thiazole rings is 1. The molecule has 1 unspecified atom stereocenters. The molecule has 0 aliphatic carbocycles. The van der Waals surface area contributed by atoms with E-state index >= 15 is 0 Å². The van der Waals surface area contributed by atoms with Crippen molar-refractivity contribution in [1.82, 2.24) is 4.98 Å². The summed E-state index contributed by atoms with van der Waals surface area (Å²) in [5.74, 6) is -0.0125. The van der Waals surface area contributed by atoms with Gasteiger partial charge < -0.3 is 11.1 Å². The fraction of sp³-hybridized carbons (Fsp3) is 0.556. The number of amides is 1. The number of nitrogens with two attached hydrogens (primary N) is 1. The third kappa shape index (κ3) is 4.27. The normalized spacial score (nSPS) is 12.5. The van der Waals surface area contributed by atoms with Crippen molar-refractivity contribution in [3.8, 4) is 0 Å². The van der Waals surface area contributed by atoms with Crippen molar-refractivity contribution in [2.24, 2.45) is 11.7 Å². The molecule has 1 aromatic heterocycles. The van der Waals surface area contributed by atoms with Crippen LogP contribution in [0.3, 0.4) is 0 Å². The molecule has 1 atom stereocenters. The molecule has 0 saturated carbocycles. The second-order valence-corrected chi connectivity index (χ2v) is 5.70. The molecule has 4 nitrogen and oxygen atoms in total. The minimum atomic E-state index is -0.0174. The van der Waals surface area contributed by atoms with Crippen LogP contribution in [0.15, 0.2) is 9.98 Å². The number of halogens is 1. The van der Waals surface area contributed by atoms with Crippen LogP contribution in [0.1, 0.15) is 19.8 Å². The van der Waals surface area contributed by atoms with E-state index in [-0.39, 0.29) is 11.8 Å². The summed E-state index contributed by atoms with van der Waals surface area (Å²) in [5, 5.41) is 3.40. The van der Waals surface area contributed by atoms with Gasteiger partial charge in [0.25, 0.3) is 0 Å². The van der Waals surface area contributed by atoms with Gasteiger partial charge in [0.2, 0.25) is 5.91 Å². The van der Waals surface area contributed by atoms with Crippen molar-refractivity contribution in [3.05, 3.63) is 9.98 Å². The summed E-state index contributed by atoms with van der Waals surface area (Å²) in [7, 11) is 0. The Morgan fingerprint density at radius 3 is 3.07 bits per heavy atom. The largest absolute Gasteiger partial charge is 0.330 e. The van der Waals surface area contributed by atoms with Crippen LogP contribution in [-0.4, -0.2) is 17.4 Å². The molecular weight excluding hydrogens is 278 g/mol. The molecule has 84 valence electrons. The Hall–Kier alpha value is -0.460. The minimum Gasteiger partial charge on any atom is -0.330 e. The number of carbonyl (C=O) groups excluding carboxylic acids is 1. The van der Waals surface area contributed by atoms with Crippen LogP contribution >= 0.6 is 27.3 Å². The lowest BCUT2D eigenvalue weighted by atomic mass is 10.1. The van der Waals surface area contributed by atoms with Crippen molar-refractivity contribution >= 4 is 38.3 Å². The second-order valence-electron chi connectivity index (χ2n) is 3.29. The number of hydrogen-bond donors (Lipinski definition) is 2. The molecule has 0 aliphatic rings. The zero-order valence-corrected chi connectivity index (χ0v) is 10.9. The molecule has 1 heterocycles. The van der Waals surface area contributed by atoms with Crippen LogP contribution < -0.4 is 11.1 Å². The first-order chi connectivity index (χ1) is 7.13. The molecular formula is C9H14BrN3OS. The highest BCUT2D eigenvalue weighted by atomic mass is 79.9. The third-order valence-corrected chi connectivity index (χ3v) is 3.39. The first kappa shape index (κ1) is 12.6. The van der Waals surface area contributed by atoms with Crippen molar-refractivity contribution < 1.29 is 4.79 Å². The van der Waals surface area contributed by atoms with Crippen LogP contribution in [0, 0.1) is 5.92 Å². The molecule has 0 fully saturated rings. The molecule has 1 rings (SSSR count). The van der Waals surface area contributed by atoms with E-state index in [4.69, 9.17) is 5.73 Å². The van der Waals surface area contributed by atoms with Gasteiger partial charge in [-0.15, -0.1) is 0 Å². The highest BCUT2D eigenvalue weighted by Gasteiger charge is 2.13. The fourth-order valence-corrected chi connectivity index (χ4v) is 2.21. The van der Waals surface area contributed by atoms with Gasteiger partial charge in [-0.1, -0.05) is 18.3 Å². The van der Waals surface area contributed by atoms with Gasteiger partial charge in [-0.3, -0.25) is 4.79 Å². The van der Waals surface area contributed by atoms with E-state index in [1.165, 1.54) is 11.3 Å². The summed E-state index contributed by atoms with van der Waals surface area (Å²) in [6.45, 7) is 2.52. The number of nitrogens with one attached hydrogen (secondary N) is 1. The average Bonchev–Trinajstić information content (AvgIpc) is 2.60. The van der Waals surface area contributed by atoms with Gasteiger partial charge in [0.05, 0.1) is 9.98 Å². The smallest absolute Gasteiger partial charge is 0.228 e. The maximum atomic E-state index is 11.6. The Morgan fingerprint density at radius 1 is 1.80 bits per heavy atom. The standard InChI is InChI=1S/C9H14BrN3OS/c1-6(3-2-4-11)8(14)13-9-12-5-7(10)15-9/h5-6H,2-4,11H2,1H3,(H,12,13,14). The molecule has 3 N–H and O–H groups in total. The summed E-state index contributed by atoms with van der Waals surface area (Å²) in [4.78, 5) is 15.7. The van der Waals surface area contributed by atoms with E-state index in [0.29, 0.717) is 11.7 Å². The van der Waals surface area contributed by atoms with Crippen LogP contribution in [-0.2, 0) is 4.79 Å². The fourth-order valence-electron chi connectivity index (χ4n) is 1.10. The van der Waals surface area contributed by atoms with Gasteiger partial charge in [-0.25, -0.2) is 4.98 Å². The Morgan fingerprint density at radius 2 is 2.53 bits per heavy atom. The van der Waals surface area contributed by atoms with Crippen LogP contribution in [0.5, 0.6) is 0 Å². The van der Waals surface area contributed by atoms with Crippen LogP contribution in [0.4, 0.5) is 5.13 Å². The lowest BCUT2D eigenvalue weighted by Gasteiger charge is -2.09. The highest BCUT2D eigenvalue weighted by Crippen LogP contribution is 2.23. The molecule has 0 spiro atoms. The Balaban J connectivity index is 2.41. The first-order valence-electron chi connectivity index (χ1n) is 4.75. The first-order valence-corrected chi connectivity index (χ1v) is 6.36. The number of nitrogens with zero attached hydrogens (tertiary/aromatic N) is 1. The van der Waals surface area contributed by atoms with Gasteiger partial charge in [-0.05, 0) is 35.3 Å². The quantitative estimate of drug-likeness (QED) is 0.874. The number of hydrogen-bond acceptors (Lipinski definition) is 4. The average molecular weight is 292 g/mol. The number of aromatic nitrogens is 1. The topological polar surface area (TPSA) is 68.0 Å². The lowest BCUT2D eigenvalue weighted by Crippen LogP contribution is -2.21. The summed E-state index contributed by atoms with van der Waals surface area (Å²) in [6.07, 6.45) is 3.36. The van der Waals surface area contributed by atoms with Crippen molar-refractivity contribution in [2.75, 3.05) is 11.9 Å². The highest BCUT2D eigenvalue weighted by molar-refractivity contribution is 9.11. The van der Waals surface area contributed by atoms with Crippen molar-refractivity contribution in [3.63, 3.8) is 0 Å². The number of rotatable bonds is 5. The van der Waals surface area contributed by atoms with E-state index in [0.717, 1.165) is 16.6 Å². The maximum Gasteiger partial charge on any atom is 0.228 e. The van der Waals surface area contributed by atoms with Gasteiger partial charge in [-0.2, -0.15) is 0 Å². The van der Waals surface area contributed by atoms with E-state index in [9.17, 15) is 4.79 Å². The maximum absolute atomic E-state index is 11.6. The number of anilines is 1. The minimum absolute atomic E-state index is 0.00491. The van der Waals surface area contributed by atoms with Crippen molar-refractivity contribution in [1.29, 1.82) is 0 Å². The van der Waals surface area contributed by atoms with Gasteiger partial charge in [0.1, 0.15) is 0 Å². The second kappa shape index (κ2) is 6.19. The summed E-state index contributed by atoms with van der Waals surface area (Å²) >= 11 is 4.70. The molecule has 0 radical (unpaired) electrons.